The van der Waals surface area contributed by atoms with Crippen molar-refractivity contribution in [2.75, 3.05) is 5.73 Å². The Balaban J connectivity index is 1.48. The minimum atomic E-state index is -1.05. The molecule has 9 heteroatoms. The number of thiazole rings is 1. The number of aliphatic hydroxyl groups is 2. The van der Waals surface area contributed by atoms with Crippen LogP contribution in [0.3, 0.4) is 0 Å². The summed E-state index contributed by atoms with van der Waals surface area (Å²) in [5.74, 6) is 0.0495. The summed E-state index contributed by atoms with van der Waals surface area (Å²) < 4.78 is 0. The standard InChI is InChI=1S/C29H42N4O4S/c1-19(21-10-6-3-7-11-21)31-25(34)14-15-26(35)33(17-23-18-38-29(30)32-23)24(16-20-8-4-2-5-9-20)28(37)27(36)22-12-13-22/h3,6-7,10-11,18-20,22,24,27-28,36-37H,2,4-5,8-9,12-17H2,1H3,(H2,30,32)(H,31,34)/t19-,24-,27-,28+/m0/s1. The van der Waals surface area contributed by atoms with Gasteiger partial charge in [-0.05, 0) is 43.6 Å². The maximum Gasteiger partial charge on any atom is 0.223 e. The second-order valence-electron chi connectivity index (χ2n) is 11.0. The molecule has 5 N–H and O–H groups in total. The van der Waals surface area contributed by atoms with Crippen LogP contribution in [0.2, 0.25) is 0 Å². The molecule has 4 atom stereocenters. The van der Waals surface area contributed by atoms with Crippen molar-refractivity contribution in [2.45, 2.75) is 102 Å². The molecule has 0 radical (unpaired) electrons. The third-order valence-corrected chi connectivity index (χ3v) is 8.74. The van der Waals surface area contributed by atoms with Gasteiger partial charge in [0, 0.05) is 18.2 Å². The van der Waals surface area contributed by atoms with Crippen molar-refractivity contribution in [1.82, 2.24) is 15.2 Å². The number of nitrogen functional groups attached to an aromatic ring is 1. The largest absolute Gasteiger partial charge is 0.390 e. The quantitative estimate of drug-likeness (QED) is 0.301. The summed E-state index contributed by atoms with van der Waals surface area (Å²) in [6.07, 6.45) is 6.20. The third kappa shape index (κ3) is 8.01. The second-order valence-corrected chi connectivity index (χ2v) is 11.9. The Hall–Kier alpha value is -2.49. The summed E-state index contributed by atoms with van der Waals surface area (Å²) in [5, 5.41) is 27.5. The lowest BCUT2D eigenvalue weighted by Gasteiger charge is -2.39. The second kappa shape index (κ2) is 13.5. The van der Waals surface area contributed by atoms with Crippen molar-refractivity contribution in [2.24, 2.45) is 11.8 Å². The highest BCUT2D eigenvalue weighted by Crippen LogP contribution is 2.37. The topological polar surface area (TPSA) is 129 Å². The average Bonchev–Trinajstić information content (AvgIpc) is 3.70. The highest BCUT2D eigenvalue weighted by atomic mass is 32.1. The number of hydrogen-bond acceptors (Lipinski definition) is 7. The number of carbonyl (C=O) groups excluding carboxylic acids is 2. The van der Waals surface area contributed by atoms with Gasteiger partial charge in [-0.15, -0.1) is 11.3 Å². The molecule has 2 fully saturated rings. The molecule has 38 heavy (non-hydrogen) atoms. The van der Waals surface area contributed by atoms with Gasteiger partial charge in [-0.3, -0.25) is 9.59 Å². The van der Waals surface area contributed by atoms with Crippen LogP contribution in [0.25, 0.3) is 0 Å². The van der Waals surface area contributed by atoms with E-state index < -0.39 is 18.2 Å². The van der Waals surface area contributed by atoms with Crippen LogP contribution in [0, 0.1) is 11.8 Å². The van der Waals surface area contributed by atoms with Gasteiger partial charge >= 0.3 is 0 Å². The number of benzene rings is 1. The highest BCUT2D eigenvalue weighted by Gasteiger charge is 2.42. The van der Waals surface area contributed by atoms with Gasteiger partial charge in [0.2, 0.25) is 11.8 Å². The van der Waals surface area contributed by atoms with E-state index in [-0.39, 0.29) is 43.2 Å². The molecule has 2 aliphatic carbocycles. The van der Waals surface area contributed by atoms with E-state index in [9.17, 15) is 19.8 Å². The Morgan fingerprint density at radius 3 is 2.45 bits per heavy atom. The first-order valence-corrected chi connectivity index (χ1v) is 14.9. The molecule has 0 aliphatic heterocycles. The lowest BCUT2D eigenvalue weighted by molar-refractivity contribution is -0.142. The zero-order chi connectivity index (χ0) is 27.1. The number of anilines is 1. The molecule has 0 saturated heterocycles. The molecule has 2 amide bonds. The maximum atomic E-state index is 13.7. The molecule has 0 unspecified atom stereocenters. The van der Waals surface area contributed by atoms with Crippen LogP contribution in [0.15, 0.2) is 35.7 Å². The number of aromatic nitrogens is 1. The summed E-state index contributed by atoms with van der Waals surface area (Å²) in [5.41, 5.74) is 7.52. The fraction of sp³-hybridized carbons (Fsp3) is 0.621. The summed E-state index contributed by atoms with van der Waals surface area (Å²) in [6, 6.07) is 8.99. The number of rotatable bonds is 13. The van der Waals surface area contributed by atoms with E-state index in [0.29, 0.717) is 23.2 Å². The SMILES string of the molecule is C[C@H](NC(=O)CCC(=O)N(Cc1csc(N)n1)[C@@H](CC1CCCCC1)[C@@H](O)[C@@H](O)C1CC1)c1ccccc1. The Morgan fingerprint density at radius 2 is 1.82 bits per heavy atom. The van der Waals surface area contributed by atoms with Gasteiger partial charge < -0.3 is 26.2 Å². The molecule has 1 heterocycles. The number of nitrogens with zero attached hydrogens (tertiary/aromatic N) is 2. The Morgan fingerprint density at radius 1 is 1.11 bits per heavy atom. The molecule has 0 spiro atoms. The number of aliphatic hydroxyl groups excluding tert-OH is 2. The fourth-order valence-corrected chi connectivity index (χ4v) is 6.18. The van der Waals surface area contributed by atoms with Gasteiger partial charge in [-0.2, -0.15) is 0 Å². The molecule has 1 aromatic heterocycles. The summed E-state index contributed by atoms with van der Waals surface area (Å²) in [4.78, 5) is 32.5. The van der Waals surface area contributed by atoms with E-state index in [1.54, 1.807) is 4.90 Å². The Bertz CT molecular complexity index is 1040. The van der Waals surface area contributed by atoms with Crippen molar-refractivity contribution in [3.05, 3.63) is 47.0 Å². The van der Waals surface area contributed by atoms with Crippen molar-refractivity contribution in [3.8, 4) is 0 Å². The summed E-state index contributed by atoms with van der Waals surface area (Å²) in [7, 11) is 0. The first-order chi connectivity index (χ1) is 18.3. The van der Waals surface area contributed by atoms with E-state index in [2.05, 4.69) is 10.3 Å². The van der Waals surface area contributed by atoms with Gasteiger partial charge in [0.15, 0.2) is 5.13 Å². The minimum Gasteiger partial charge on any atom is -0.390 e. The molecule has 1 aromatic carbocycles. The van der Waals surface area contributed by atoms with E-state index in [1.165, 1.54) is 17.8 Å². The van der Waals surface area contributed by atoms with Crippen LogP contribution >= 0.6 is 11.3 Å². The van der Waals surface area contributed by atoms with Gasteiger partial charge in [-0.1, -0.05) is 62.4 Å². The van der Waals surface area contributed by atoms with Crippen molar-refractivity contribution < 1.29 is 19.8 Å². The monoisotopic (exact) mass is 542 g/mol. The molecule has 208 valence electrons. The van der Waals surface area contributed by atoms with Crippen LogP contribution in [0.4, 0.5) is 5.13 Å². The third-order valence-electron chi connectivity index (χ3n) is 8.01. The van der Waals surface area contributed by atoms with Gasteiger partial charge in [-0.25, -0.2) is 4.98 Å². The average molecular weight is 543 g/mol. The number of hydrogen-bond donors (Lipinski definition) is 4. The molecule has 2 saturated carbocycles. The van der Waals surface area contributed by atoms with Crippen LogP contribution in [0.1, 0.15) is 88.4 Å². The summed E-state index contributed by atoms with van der Waals surface area (Å²) >= 11 is 1.31. The molecule has 0 bridgehead atoms. The maximum absolute atomic E-state index is 13.7. The molecular weight excluding hydrogens is 500 g/mol. The normalized spacial score (nSPS) is 19.3. The van der Waals surface area contributed by atoms with Crippen molar-refractivity contribution >= 4 is 28.3 Å². The predicted octanol–water partition coefficient (Wildman–Crippen LogP) is 4.18. The number of nitrogens with one attached hydrogen (secondary N) is 1. The first-order valence-electron chi connectivity index (χ1n) is 14.0. The zero-order valence-electron chi connectivity index (χ0n) is 22.3. The molecular formula is C29H42N4O4S. The first kappa shape index (κ1) is 28.5. The van der Waals surface area contributed by atoms with E-state index in [4.69, 9.17) is 5.73 Å². The van der Waals surface area contributed by atoms with Crippen LogP contribution in [0.5, 0.6) is 0 Å². The number of carbonyl (C=O) groups is 2. The van der Waals surface area contributed by atoms with E-state index >= 15 is 0 Å². The zero-order valence-corrected chi connectivity index (χ0v) is 23.1. The molecule has 4 rings (SSSR count). The predicted molar refractivity (Wildman–Crippen MR) is 149 cm³/mol. The van der Waals surface area contributed by atoms with Crippen LogP contribution in [-0.2, 0) is 16.1 Å². The van der Waals surface area contributed by atoms with Gasteiger partial charge in [0.1, 0.15) is 6.10 Å². The van der Waals surface area contributed by atoms with Gasteiger partial charge in [0.05, 0.1) is 30.4 Å². The van der Waals surface area contributed by atoms with E-state index in [0.717, 1.165) is 44.1 Å². The Kier molecular flexibility index (Phi) is 10.2. The lowest BCUT2D eigenvalue weighted by atomic mass is 9.82. The minimum absolute atomic E-state index is 0.0143. The van der Waals surface area contributed by atoms with Crippen molar-refractivity contribution in [3.63, 3.8) is 0 Å². The van der Waals surface area contributed by atoms with E-state index in [1.807, 2.05) is 42.6 Å². The number of amides is 2. The lowest BCUT2D eigenvalue weighted by Crippen LogP contribution is -2.52. The summed E-state index contributed by atoms with van der Waals surface area (Å²) in [6.45, 7) is 2.12. The Labute approximate surface area is 229 Å². The highest BCUT2D eigenvalue weighted by molar-refractivity contribution is 7.13. The number of nitrogens with two attached hydrogens (primary N) is 1. The van der Waals surface area contributed by atoms with Crippen molar-refractivity contribution in [1.29, 1.82) is 0 Å². The smallest absolute Gasteiger partial charge is 0.223 e. The molecule has 8 nitrogen and oxygen atoms in total. The molecule has 2 aromatic rings. The van der Waals surface area contributed by atoms with Crippen LogP contribution in [-0.4, -0.2) is 50.2 Å². The fourth-order valence-electron chi connectivity index (χ4n) is 5.62. The van der Waals surface area contributed by atoms with Crippen LogP contribution < -0.4 is 11.1 Å². The molecule has 2 aliphatic rings. The van der Waals surface area contributed by atoms with Gasteiger partial charge in [0.25, 0.3) is 0 Å².